The van der Waals surface area contributed by atoms with E-state index in [4.69, 9.17) is 9.47 Å². The molecule has 0 bridgehead atoms. The van der Waals surface area contributed by atoms with Gasteiger partial charge >= 0.3 is 0 Å². The van der Waals surface area contributed by atoms with Crippen LogP contribution in [0.3, 0.4) is 0 Å². The Morgan fingerprint density at radius 2 is 1.90 bits per heavy atom. The van der Waals surface area contributed by atoms with Gasteiger partial charge in [0.05, 0.1) is 16.2 Å². The van der Waals surface area contributed by atoms with Gasteiger partial charge in [0.2, 0.25) is 6.79 Å². The number of nitro groups is 1. The predicted molar refractivity (Wildman–Crippen MR) is 115 cm³/mol. The first-order valence-electron chi connectivity index (χ1n) is 9.61. The van der Waals surface area contributed by atoms with Gasteiger partial charge in [-0.05, 0) is 30.3 Å². The molecular formula is C22H18N4O5. The number of para-hydroxylation sites is 1. The van der Waals surface area contributed by atoms with Gasteiger partial charge in [-0.15, -0.1) is 0 Å². The Hall–Kier alpha value is -4.27. The number of hydrogen-bond donors (Lipinski definition) is 2. The molecule has 0 spiro atoms. The van der Waals surface area contributed by atoms with E-state index in [1.165, 1.54) is 6.07 Å². The Balaban J connectivity index is 1.66. The Bertz CT molecular complexity index is 1210. The van der Waals surface area contributed by atoms with Crippen LogP contribution in [-0.4, -0.2) is 24.7 Å². The molecule has 0 fully saturated rings. The Labute approximate surface area is 177 Å². The molecule has 1 amide bonds. The van der Waals surface area contributed by atoms with E-state index in [2.05, 4.69) is 10.6 Å². The fourth-order valence-electron chi connectivity index (χ4n) is 3.87. The summed E-state index contributed by atoms with van der Waals surface area (Å²) in [7, 11) is 1.62. The highest BCUT2D eigenvalue weighted by atomic mass is 16.7. The molecule has 5 rings (SSSR count). The SMILES string of the molecule is CNc1ccc(C2Nc3ccccc3C(=O)N2c2ccc3c(c2)OCO3)cc1[N+](=O)[O-]. The maximum absolute atomic E-state index is 13.5. The van der Waals surface area contributed by atoms with Gasteiger partial charge < -0.3 is 20.1 Å². The summed E-state index contributed by atoms with van der Waals surface area (Å²) in [5.74, 6) is 0.921. The lowest BCUT2D eigenvalue weighted by atomic mass is 10.0. The third-order valence-electron chi connectivity index (χ3n) is 5.36. The average Bonchev–Trinajstić information content (AvgIpc) is 3.26. The number of ether oxygens (including phenoxy) is 2. The number of rotatable bonds is 4. The van der Waals surface area contributed by atoms with Gasteiger partial charge in [0, 0.05) is 30.4 Å². The van der Waals surface area contributed by atoms with Gasteiger partial charge in [-0.3, -0.25) is 19.8 Å². The number of fused-ring (bicyclic) bond motifs is 2. The minimum Gasteiger partial charge on any atom is -0.454 e. The first-order valence-corrected chi connectivity index (χ1v) is 9.61. The lowest BCUT2D eigenvalue weighted by molar-refractivity contribution is -0.384. The molecule has 0 radical (unpaired) electrons. The van der Waals surface area contributed by atoms with Crippen molar-refractivity contribution in [2.24, 2.45) is 0 Å². The highest BCUT2D eigenvalue weighted by Gasteiger charge is 2.35. The number of benzene rings is 3. The summed E-state index contributed by atoms with van der Waals surface area (Å²) < 4.78 is 10.9. The van der Waals surface area contributed by atoms with Crippen molar-refractivity contribution in [3.8, 4) is 11.5 Å². The normalized spacial score (nSPS) is 16.5. The third-order valence-corrected chi connectivity index (χ3v) is 5.36. The second kappa shape index (κ2) is 7.21. The standard InChI is InChI=1S/C22H18N4O5/c1-23-17-8-6-13(10-18(17)26(28)29)21-24-16-5-3-2-4-15(16)22(27)25(21)14-7-9-19-20(11-14)31-12-30-19/h2-11,21,23-24H,12H2,1H3. The molecule has 0 aliphatic carbocycles. The number of anilines is 3. The summed E-state index contributed by atoms with van der Waals surface area (Å²) in [4.78, 5) is 26.2. The molecule has 3 aromatic carbocycles. The van der Waals surface area contributed by atoms with Crippen molar-refractivity contribution in [3.05, 3.63) is 81.9 Å². The predicted octanol–water partition coefficient (Wildman–Crippen LogP) is 4.14. The molecular weight excluding hydrogens is 400 g/mol. The Morgan fingerprint density at radius 1 is 1.10 bits per heavy atom. The van der Waals surface area contributed by atoms with E-state index >= 15 is 0 Å². The first-order chi connectivity index (χ1) is 15.1. The molecule has 2 N–H and O–H groups in total. The average molecular weight is 418 g/mol. The zero-order chi connectivity index (χ0) is 21.5. The summed E-state index contributed by atoms with van der Waals surface area (Å²) in [6.07, 6.45) is -0.660. The number of carbonyl (C=O) groups is 1. The fourth-order valence-corrected chi connectivity index (χ4v) is 3.87. The summed E-state index contributed by atoms with van der Waals surface area (Å²) in [5, 5.41) is 17.8. The zero-order valence-electron chi connectivity index (χ0n) is 16.5. The molecule has 2 heterocycles. The quantitative estimate of drug-likeness (QED) is 0.485. The minimum atomic E-state index is -0.660. The highest BCUT2D eigenvalue weighted by Crippen LogP contribution is 2.42. The second-order valence-corrected chi connectivity index (χ2v) is 7.09. The van der Waals surface area contributed by atoms with Gasteiger partial charge in [0.15, 0.2) is 11.5 Å². The molecule has 0 saturated heterocycles. The lowest BCUT2D eigenvalue weighted by Crippen LogP contribution is -2.43. The number of amides is 1. The molecule has 31 heavy (non-hydrogen) atoms. The van der Waals surface area contributed by atoms with Crippen molar-refractivity contribution >= 4 is 28.7 Å². The van der Waals surface area contributed by atoms with Crippen LogP contribution in [0.25, 0.3) is 0 Å². The van der Waals surface area contributed by atoms with Crippen LogP contribution in [-0.2, 0) is 0 Å². The van der Waals surface area contributed by atoms with E-state index in [-0.39, 0.29) is 18.4 Å². The van der Waals surface area contributed by atoms with Crippen LogP contribution in [0, 0.1) is 10.1 Å². The maximum Gasteiger partial charge on any atom is 0.292 e. The van der Waals surface area contributed by atoms with Crippen LogP contribution in [0.5, 0.6) is 11.5 Å². The topological polar surface area (TPSA) is 106 Å². The lowest BCUT2D eigenvalue weighted by Gasteiger charge is -2.38. The molecule has 2 aliphatic rings. The van der Waals surface area contributed by atoms with Crippen molar-refractivity contribution < 1.29 is 19.2 Å². The summed E-state index contributed by atoms with van der Waals surface area (Å²) >= 11 is 0. The van der Waals surface area contributed by atoms with Crippen molar-refractivity contribution in [1.29, 1.82) is 0 Å². The van der Waals surface area contributed by atoms with E-state index in [9.17, 15) is 14.9 Å². The molecule has 9 heteroatoms. The number of hydrogen-bond acceptors (Lipinski definition) is 7. The molecule has 1 unspecified atom stereocenters. The van der Waals surface area contributed by atoms with Crippen molar-refractivity contribution in [2.45, 2.75) is 6.17 Å². The van der Waals surface area contributed by atoms with Crippen LogP contribution < -0.4 is 25.0 Å². The molecule has 2 aliphatic heterocycles. The number of carbonyl (C=O) groups excluding carboxylic acids is 1. The number of nitrogens with zero attached hydrogens (tertiary/aromatic N) is 2. The van der Waals surface area contributed by atoms with Crippen molar-refractivity contribution in [1.82, 2.24) is 0 Å². The monoisotopic (exact) mass is 418 g/mol. The van der Waals surface area contributed by atoms with Crippen LogP contribution in [0.1, 0.15) is 22.1 Å². The highest BCUT2D eigenvalue weighted by molar-refractivity contribution is 6.12. The second-order valence-electron chi connectivity index (χ2n) is 7.09. The van der Waals surface area contributed by atoms with Crippen molar-refractivity contribution in [3.63, 3.8) is 0 Å². The summed E-state index contributed by atoms with van der Waals surface area (Å²) in [6.45, 7) is 0.120. The van der Waals surface area contributed by atoms with E-state index in [1.807, 2.05) is 12.1 Å². The van der Waals surface area contributed by atoms with Gasteiger partial charge in [-0.1, -0.05) is 18.2 Å². The zero-order valence-corrected chi connectivity index (χ0v) is 16.5. The summed E-state index contributed by atoms with van der Waals surface area (Å²) in [5.41, 5.74) is 2.66. The van der Waals surface area contributed by atoms with Gasteiger partial charge in [-0.2, -0.15) is 0 Å². The molecule has 9 nitrogen and oxygen atoms in total. The van der Waals surface area contributed by atoms with Crippen molar-refractivity contribution in [2.75, 3.05) is 29.4 Å². The van der Waals surface area contributed by atoms with E-state index in [0.29, 0.717) is 39.7 Å². The van der Waals surface area contributed by atoms with E-state index < -0.39 is 11.1 Å². The number of nitro benzene ring substituents is 1. The molecule has 3 aromatic rings. The van der Waals surface area contributed by atoms with Crippen LogP contribution in [0.2, 0.25) is 0 Å². The van der Waals surface area contributed by atoms with Gasteiger partial charge in [0.1, 0.15) is 11.9 Å². The summed E-state index contributed by atoms with van der Waals surface area (Å²) in [6, 6.07) is 17.3. The molecule has 156 valence electrons. The van der Waals surface area contributed by atoms with E-state index in [1.54, 1.807) is 54.4 Å². The number of nitrogens with one attached hydrogen (secondary N) is 2. The molecule has 1 atom stereocenters. The maximum atomic E-state index is 13.5. The largest absolute Gasteiger partial charge is 0.454 e. The third kappa shape index (κ3) is 3.07. The van der Waals surface area contributed by atoms with Crippen LogP contribution in [0.15, 0.2) is 60.7 Å². The Morgan fingerprint density at radius 3 is 2.71 bits per heavy atom. The molecule has 0 aromatic heterocycles. The van der Waals surface area contributed by atoms with Gasteiger partial charge in [-0.25, -0.2) is 0 Å². The minimum absolute atomic E-state index is 0.0706. The smallest absolute Gasteiger partial charge is 0.292 e. The van der Waals surface area contributed by atoms with Crippen LogP contribution in [0.4, 0.5) is 22.7 Å². The molecule has 0 saturated carbocycles. The van der Waals surface area contributed by atoms with E-state index in [0.717, 1.165) is 0 Å². The first kappa shape index (κ1) is 18.7. The Kier molecular flexibility index (Phi) is 4.36. The van der Waals surface area contributed by atoms with Gasteiger partial charge in [0.25, 0.3) is 11.6 Å². The van der Waals surface area contributed by atoms with Crippen LogP contribution >= 0.6 is 0 Å². The fraction of sp³-hybridized carbons (Fsp3) is 0.136.